The zero-order valence-corrected chi connectivity index (χ0v) is 17.0. The van der Waals surface area contributed by atoms with Crippen molar-refractivity contribution in [3.05, 3.63) is 71.3 Å². The monoisotopic (exact) mass is 382 g/mol. The number of ether oxygens (including phenoxy) is 1. The molecule has 3 nitrogen and oxygen atoms in total. The SMILES string of the molecule is CC(=O)OCCC[NH+](C)CC/C=C1/c2ccccc2CSc2ccccc21. The van der Waals surface area contributed by atoms with Gasteiger partial charge in [0.1, 0.15) is 0 Å². The number of nitrogens with one attached hydrogen (secondary N) is 1. The van der Waals surface area contributed by atoms with E-state index in [0.717, 1.165) is 31.7 Å². The minimum absolute atomic E-state index is 0.194. The quantitative estimate of drug-likeness (QED) is 0.587. The molecule has 0 bridgehead atoms. The third-order valence-corrected chi connectivity index (χ3v) is 5.96. The van der Waals surface area contributed by atoms with Crippen LogP contribution in [0.3, 0.4) is 0 Å². The summed E-state index contributed by atoms with van der Waals surface area (Å²) in [7, 11) is 2.21. The molecule has 2 aromatic rings. The summed E-state index contributed by atoms with van der Waals surface area (Å²) >= 11 is 1.92. The Balaban J connectivity index is 1.69. The van der Waals surface area contributed by atoms with Gasteiger partial charge in [-0.2, -0.15) is 0 Å². The first kappa shape index (κ1) is 19.7. The van der Waals surface area contributed by atoms with Gasteiger partial charge in [-0.15, -0.1) is 11.8 Å². The topological polar surface area (TPSA) is 30.7 Å². The van der Waals surface area contributed by atoms with Gasteiger partial charge in [-0.3, -0.25) is 4.79 Å². The second-order valence-corrected chi connectivity index (χ2v) is 8.02. The fourth-order valence-electron chi connectivity index (χ4n) is 3.42. The minimum atomic E-state index is -0.194. The van der Waals surface area contributed by atoms with Crippen LogP contribution < -0.4 is 4.90 Å². The summed E-state index contributed by atoms with van der Waals surface area (Å²) in [6.07, 6.45) is 4.34. The Hall–Kier alpha value is -2.04. The van der Waals surface area contributed by atoms with Crippen molar-refractivity contribution in [1.29, 1.82) is 0 Å². The summed E-state index contributed by atoms with van der Waals surface area (Å²) < 4.78 is 5.02. The summed E-state index contributed by atoms with van der Waals surface area (Å²) in [6, 6.07) is 17.5. The molecule has 3 rings (SSSR count). The highest BCUT2D eigenvalue weighted by Crippen LogP contribution is 2.39. The maximum absolute atomic E-state index is 10.8. The van der Waals surface area contributed by atoms with Crippen LogP contribution in [0.15, 0.2) is 59.5 Å². The highest BCUT2D eigenvalue weighted by Gasteiger charge is 2.17. The second kappa shape index (κ2) is 9.77. The molecular formula is C23H28NO2S+. The molecule has 1 aliphatic rings. The molecule has 27 heavy (non-hydrogen) atoms. The lowest BCUT2D eigenvalue weighted by atomic mass is 9.93. The van der Waals surface area contributed by atoms with Crippen LogP contribution in [0.2, 0.25) is 0 Å². The number of esters is 1. The van der Waals surface area contributed by atoms with Gasteiger partial charge in [0.2, 0.25) is 0 Å². The number of hydrogen-bond donors (Lipinski definition) is 1. The number of hydrogen-bond acceptors (Lipinski definition) is 3. The van der Waals surface area contributed by atoms with Crippen LogP contribution in [0, 0.1) is 0 Å². The maximum Gasteiger partial charge on any atom is 0.302 e. The largest absolute Gasteiger partial charge is 0.466 e. The van der Waals surface area contributed by atoms with Gasteiger partial charge in [0, 0.05) is 30.4 Å². The van der Waals surface area contributed by atoms with Gasteiger partial charge in [0.25, 0.3) is 0 Å². The summed E-state index contributed by atoms with van der Waals surface area (Å²) in [5, 5.41) is 0. The van der Waals surface area contributed by atoms with E-state index in [1.165, 1.54) is 39.0 Å². The first-order valence-electron chi connectivity index (χ1n) is 9.60. The van der Waals surface area contributed by atoms with Gasteiger partial charge in [-0.25, -0.2) is 0 Å². The van der Waals surface area contributed by atoms with Crippen molar-refractivity contribution in [3.8, 4) is 0 Å². The Morgan fingerprint density at radius 3 is 2.67 bits per heavy atom. The highest BCUT2D eigenvalue weighted by atomic mass is 32.2. The Morgan fingerprint density at radius 1 is 1.11 bits per heavy atom. The average molecular weight is 383 g/mol. The van der Waals surface area contributed by atoms with Gasteiger partial charge in [-0.1, -0.05) is 48.5 Å². The van der Waals surface area contributed by atoms with Crippen molar-refractivity contribution in [2.75, 3.05) is 26.7 Å². The fraction of sp³-hybridized carbons (Fsp3) is 0.348. The molecule has 0 aliphatic carbocycles. The molecule has 0 spiro atoms. The Kier molecular flexibility index (Phi) is 7.13. The fourth-order valence-corrected chi connectivity index (χ4v) is 4.49. The molecule has 1 heterocycles. The van der Waals surface area contributed by atoms with Gasteiger partial charge >= 0.3 is 5.97 Å². The number of rotatable bonds is 7. The highest BCUT2D eigenvalue weighted by molar-refractivity contribution is 7.98. The van der Waals surface area contributed by atoms with E-state index in [0.29, 0.717) is 6.61 Å². The van der Waals surface area contributed by atoms with Crippen LogP contribution in [0.4, 0.5) is 0 Å². The molecule has 0 radical (unpaired) electrons. The van der Waals surface area contributed by atoms with Crippen LogP contribution in [-0.4, -0.2) is 32.7 Å². The van der Waals surface area contributed by atoms with Gasteiger partial charge in [-0.05, 0) is 28.3 Å². The van der Waals surface area contributed by atoms with Gasteiger partial charge < -0.3 is 9.64 Å². The minimum Gasteiger partial charge on any atom is -0.466 e. The van der Waals surface area contributed by atoms with E-state index in [1.807, 2.05) is 11.8 Å². The van der Waals surface area contributed by atoms with E-state index in [-0.39, 0.29) is 5.97 Å². The molecule has 0 fully saturated rings. The molecule has 1 aliphatic heterocycles. The first-order chi connectivity index (χ1) is 13.1. The van der Waals surface area contributed by atoms with E-state index >= 15 is 0 Å². The first-order valence-corrected chi connectivity index (χ1v) is 10.6. The van der Waals surface area contributed by atoms with E-state index in [1.54, 1.807) is 0 Å². The number of fused-ring (bicyclic) bond motifs is 2. The molecule has 0 saturated carbocycles. The molecule has 1 N–H and O–H groups in total. The van der Waals surface area contributed by atoms with Crippen LogP contribution in [0.5, 0.6) is 0 Å². The van der Waals surface area contributed by atoms with Crippen molar-refractivity contribution in [2.24, 2.45) is 0 Å². The third-order valence-electron chi connectivity index (χ3n) is 4.84. The third kappa shape index (κ3) is 5.47. The van der Waals surface area contributed by atoms with Gasteiger partial charge in [0.05, 0.1) is 26.7 Å². The number of quaternary nitrogens is 1. The summed E-state index contributed by atoms with van der Waals surface area (Å²) in [6.45, 7) is 4.07. The maximum atomic E-state index is 10.8. The average Bonchev–Trinajstić information content (AvgIpc) is 2.83. The van der Waals surface area contributed by atoms with Gasteiger partial charge in [0.15, 0.2) is 0 Å². The predicted molar refractivity (Wildman–Crippen MR) is 112 cm³/mol. The number of carbonyl (C=O) groups excluding carboxylic acids is 1. The van der Waals surface area contributed by atoms with Crippen molar-refractivity contribution in [2.45, 2.75) is 30.4 Å². The smallest absolute Gasteiger partial charge is 0.302 e. The predicted octanol–water partition coefficient (Wildman–Crippen LogP) is 3.58. The normalized spacial score (nSPS) is 15.6. The molecule has 0 aromatic heterocycles. The standard InChI is InChI=1S/C23H27NO2S/c1-18(25)26-16-8-15-24(2)14-7-12-21-20-10-4-3-9-19(20)17-27-23-13-6-5-11-22(21)23/h3-6,9-13H,7-8,14-17H2,1-2H3/p+1/b21-12-. The molecule has 2 aromatic carbocycles. The molecule has 142 valence electrons. The molecule has 0 saturated heterocycles. The Labute approximate surface area is 166 Å². The number of thioether (sulfide) groups is 1. The van der Waals surface area contributed by atoms with E-state index in [2.05, 4.69) is 61.7 Å². The summed E-state index contributed by atoms with van der Waals surface area (Å²) in [5.74, 6) is 0.826. The zero-order chi connectivity index (χ0) is 19.1. The van der Waals surface area contributed by atoms with Crippen LogP contribution in [0.1, 0.15) is 36.5 Å². The molecule has 1 unspecified atom stereocenters. The van der Waals surface area contributed by atoms with Crippen LogP contribution in [0.25, 0.3) is 5.57 Å². The van der Waals surface area contributed by atoms with Crippen molar-refractivity contribution < 1.29 is 14.4 Å². The van der Waals surface area contributed by atoms with Crippen LogP contribution >= 0.6 is 11.8 Å². The lowest BCUT2D eigenvalue weighted by molar-refractivity contribution is -0.879. The molecule has 1 atom stereocenters. The molecule has 0 amide bonds. The van der Waals surface area contributed by atoms with E-state index in [4.69, 9.17) is 4.74 Å². The number of carbonyl (C=O) groups is 1. The van der Waals surface area contributed by atoms with E-state index in [9.17, 15) is 4.79 Å². The summed E-state index contributed by atoms with van der Waals surface area (Å²) in [4.78, 5) is 13.7. The Morgan fingerprint density at radius 2 is 1.85 bits per heavy atom. The lowest BCUT2D eigenvalue weighted by Gasteiger charge is -2.14. The number of benzene rings is 2. The molecular weight excluding hydrogens is 354 g/mol. The Bertz CT molecular complexity index is 766. The van der Waals surface area contributed by atoms with E-state index < -0.39 is 0 Å². The lowest BCUT2D eigenvalue weighted by Crippen LogP contribution is -3.09. The van der Waals surface area contributed by atoms with Crippen molar-refractivity contribution >= 4 is 23.3 Å². The molecule has 4 heteroatoms. The van der Waals surface area contributed by atoms with Crippen molar-refractivity contribution in [1.82, 2.24) is 0 Å². The second-order valence-electron chi connectivity index (χ2n) is 7.00. The zero-order valence-electron chi connectivity index (χ0n) is 16.2. The van der Waals surface area contributed by atoms with Crippen LogP contribution in [-0.2, 0) is 15.3 Å². The van der Waals surface area contributed by atoms with Crippen molar-refractivity contribution in [3.63, 3.8) is 0 Å². The summed E-state index contributed by atoms with van der Waals surface area (Å²) in [5.41, 5.74) is 5.48.